The van der Waals surface area contributed by atoms with Gasteiger partial charge in [0.2, 0.25) is 0 Å². The Morgan fingerprint density at radius 1 is 1.00 bits per heavy atom. The van der Waals surface area contributed by atoms with Crippen LogP contribution in [-0.2, 0) is 6.42 Å². The molecular weight excluding hydrogens is 218 g/mol. The topological polar surface area (TPSA) is 26.0 Å². The Balaban J connectivity index is 1.55. The fraction of sp³-hybridized carbons (Fsp3) is 0.647. The zero-order chi connectivity index (χ0) is 12.6. The molecule has 1 heteroatoms. The monoisotopic (exact) mass is 245 g/mol. The Labute approximate surface area is 112 Å². The van der Waals surface area contributed by atoms with Gasteiger partial charge in [0.25, 0.3) is 0 Å². The summed E-state index contributed by atoms with van der Waals surface area (Å²) < 4.78 is 0. The highest BCUT2D eigenvalue weighted by Gasteiger charge is 2.12. The number of anilines is 1. The van der Waals surface area contributed by atoms with Crippen molar-refractivity contribution in [1.82, 2.24) is 0 Å². The molecule has 0 aliphatic heterocycles. The number of unbranched alkanes of at least 4 members (excludes halogenated alkanes) is 2. The predicted molar refractivity (Wildman–Crippen MR) is 79.6 cm³/mol. The Morgan fingerprint density at radius 3 is 2.61 bits per heavy atom. The first-order valence-electron chi connectivity index (χ1n) is 7.69. The zero-order valence-electron chi connectivity index (χ0n) is 11.5. The molecule has 0 spiro atoms. The lowest BCUT2D eigenvalue weighted by molar-refractivity contribution is 0.328. The van der Waals surface area contributed by atoms with E-state index < -0.39 is 0 Å². The van der Waals surface area contributed by atoms with Crippen LogP contribution in [0.4, 0.5) is 5.69 Å². The number of nitrogens with two attached hydrogens (primary N) is 1. The smallest absolute Gasteiger partial charge is 0.0316 e. The molecule has 0 atom stereocenters. The van der Waals surface area contributed by atoms with E-state index in [4.69, 9.17) is 5.73 Å². The minimum absolute atomic E-state index is 0.898. The second-order valence-electron chi connectivity index (χ2n) is 5.85. The van der Waals surface area contributed by atoms with E-state index in [2.05, 4.69) is 18.2 Å². The molecule has 1 aliphatic rings. The standard InChI is InChI=1S/C17H27N/c18-17-13-7-12-16(14-17)11-6-2-5-10-15-8-3-1-4-9-15/h7,12-15H,1-6,8-11,18H2. The van der Waals surface area contributed by atoms with Gasteiger partial charge in [-0.1, -0.05) is 63.5 Å². The first kappa shape index (κ1) is 13.5. The Hall–Kier alpha value is -0.980. The summed E-state index contributed by atoms with van der Waals surface area (Å²) >= 11 is 0. The summed E-state index contributed by atoms with van der Waals surface area (Å²) in [5.74, 6) is 1.05. The second kappa shape index (κ2) is 7.45. The van der Waals surface area contributed by atoms with Crippen molar-refractivity contribution in [3.05, 3.63) is 29.8 Å². The fourth-order valence-corrected chi connectivity index (χ4v) is 3.16. The van der Waals surface area contributed by atoms with E-state index in [-0.39, 0.29) is 0 Å². The van der Waals surface area contributed by atoms with Crippen molar-refractivity contribution in [3.8, 4) is 0 Å². The second-order valence-corrected chi connectivity index (χ2v) is 5.85. The van der Waals surface area contributed by atoms with Crippen LogP contribution < -0.4 is 5.73 Å². The third-order valence-electron chi connectivity index (χ3n) is 4.25. The van der Waals surface area contributed by atoms with Crippen LogP contribution >= 0.6 is 0 Å². The summed E-state index contributed by atoms with van der Waals surface area (Å²) in [6.45, 7) is 0. The summed E-state index contributed by atoms with van der Waals surface area (Å²) in [5, 5.41) is 0. The van der Waals surface area contributed by atoms with Gasteiger partial charge in [0.15, 0.2) is 0 Å². The van der Waals surface area contributed by atoms with Gasteiger partial charge >= 0.3 is 0 Å². The molecule has 0 unspecified atom stereocenters. The van der Waals surface area contributed by atoms with E-state index in [1.807, 2.05) is 6.07 Å². The number of rotatable bonds is 6. The van der Waals surface area contributed by atoms with Crippen LogP contribution in [0, 0.1) is 5.92 Å². The SMILES string of the molecule is Nc1cccc(CCCCCC2CCCCC2)c1. The molecule has 0 radical (unpaired) electrons. The maximum atomic E-state index is 5.79. The third kappa shape index (κ3) is 4.72. The third-order valence-corrected chi connectivity index (χ3v) is 4.25. The van der Waals surface area contributed by atoms with Gasteiger partial charge in [0, 0.05) is 5.69 Å². The molecule has 1 saturated carbocycles. The lowest BCUT2D eigenvalue weighted by atomic mass is 9.85. The van der Waals surface area contributed by atoms with Gasteiger partial charge < -0.3 is 5.73 Å². The molecule has 2 rings (SSSR count). The normalized spacial score (nSPS) is 16.9. The van der Waals surface area contributed by atoms with Crippen molar-refractivity contribution in [2.75, 3.05) is 5.73 Å². The molecule has 0 bridgehead atoms. The minimum atomic E-state index is 0.898. The van der Waals surface area contributed by atoms with E-state index in [0.717, 1.165) is 11.6 Å². The van der Waals surface area contributed by atoms with E-state index >= 15 is 0 Å². The lowest BCUT2D eigenvalue weighted by Gasteiger charge is -2.21. The predicted octanol–water partition coefficient (Wildman–Crippen LogP) is 4.95. The molecule has 1 nitrogen and oxygen atoms in total. The number of hydrogen-bond acceptors (Lipinski definition) is 1. The molecule has 1 aromatic rings. The molecule has 0 saturated heterocycles. The number of nitrogen functional groups attached to an aromatic ring is 1. The van der Waals surface area contributed by atoms with E-state index in [0.29, 0.717) is 0 Å². The summed E-state index contributed by atoms with van der Waals surface area (Å²) in [5.41, 5.74) is 8.08. The number of hydrogen-bond donors (Lipinski definition) is 1. The molecule has 0 amide bonds. The maximum Gasteiger partial charge on any atom is 0.0316 e. The van der Waals surface area contributed by atoms with E-state index in [1.165, 1.54) is 69.8 Å². The van der Waals surface area contributed by atoms with Gasteiger partial charge in [-0.3, -0.25) is 0 Å². The van der Waals surface area contributed by atoms with Gasteiger partial charge in [-0.2, -0.15) is 0 Å². The van der Waals surface area contributed by atoms with Crippen molar-refractivity contribution in [2.45, 2.75) is 64.2 Å². The highest BCUT2D eigenvalue weighted by molar-refractivity contribution is 5.40. The van der Waals surface area contributed by atoms with Crippen molar-refractivity contribution >= 4 is 5.69 Å². The number of benzene rings is 1. The van der Waals surface area contributed by atoms with Crippen LogP contribution in [-0.4, -0.2) is 0 Å². The molecule has 1 aliphatic carbocycles. The molecule has 2 N–H and O–H groups in total. The highest BCUT2D eigenvalue weighted by Crippen LogP contribution is 2.28. The van der Waals surface area contributed by atoms with Crippen molar-refractivity contribution in [1.29, 1.82) is 0 Å². The first-order valence-corrected chi connectivity index (χ1v) is 7.69. The minimum Gasteiger partial charge on any atom is -0.399 e. The van der Waals surface area contributed by atoms with Crippen molar-refractivity contribution in [3.63, 3.8) is 0 Å². The van der Waals surface area contributed by atoms with Crippen LogP contribution in [0.2, 0.25) is 0 Å². The van der Waals surface area contributed by atoms with Gasteiger partial charge in [-0.25, -0.2) is 0 Å². The molecular formula is C17H27N. The van der Waals surface area contributed by atoms with Gasteiger partial charge in [0.1, 0.15) is 0 Å². The first-order chi connectivity index (χ1) is 8.84. The van der Waals surface area contributed by atoms with E-state index in [1.54, 1.807) is 0 Å². The van der Waals surface area contributed by atoms with Crippen LogP contribution in [0.3, 0.4) is 0 Å². The van der Waals surface area contributed by atoms with Crippen molar-refractivity contribution < 1.29 is 0 Å². The summed E-state index contributed by atoms with van der Waals surface area (Å²) in [6.07, 6.45) is 14.2. The molecule has 1 aromatic carbocycles. The average Bonchev–Trinajstić information content (AvgIpc) is 2.40. The van der Waals surface area contributed by atoms with Gasteiger partial charge in [-0.05, 0) is 36.5 Å². The van der Waals surface area contributed by atoms with Crippen LogP contribution in [0.25, 0.3) is 0 Å². The molecule has 0 aromatic heterocycles. The molecule has 100 valence electrons. The summed E-state index contributed by atoms with van der Waals surface area (Å²) in [4.78, 5) is 0. The van der Waals surface area contributed by atoms with Crippen LogP contribution in [0.5, 0.6) is 0 Å². The Morgan fingerprint density at radius 2 is 1.83 bits per heavy atom. The molecule has 18 heavy (non-hydrogen) atoms. The number of aryl methyl sites for hydroxylation is 1. The Bertz CT molecular complexity index is 339. The van der Waals surface area contributed by atoms with E-state index in [9.17, 15) is 0 Å². The highest BCUT2D eigenvalue weighted by atomic mass is 14.5. The molecule has 0 heterocycles. The van der Waals surface area contributed by atoms with Crippen LogP contribution in [0.1, 0.15) is 63.4 Å². The van der Waals surface area contributed by atoms with Gasteiger partial charge in [-0.15, -0.1) is 0 Å². The summed E-state index contributed by atoms with van der Waals surface area (Å²) in [7, 11) is 0. The zero-order valence-corrected chi connectivity index (χ0v) is 11.5. The average molecular weight is 245 g/mol. The lowest BCUT2D eigenvalue weighted by Crippen LogP contribution is -2.05. The van der Waals surface area contributed by atoms with Crippen molar-refractivity contribution in [2.24, 2.45) is 5.92 Å². The van der Waals surface area contributed by atoms with Gasteiger partial charge in [0.05, 0.1) is 0 Å². The largest absolute Gasteiger partial charge is 0.399 e. The van der Waals surface area contributed by atoms with Crippen LogP contribution in [0.15, 0.2) is 24.3 Å². The molecule has 1 fully saturated rings. The fourth-order valence-electron chi connectivity index (χ4n) is 3.16. The Kier molecular flexibility index (Phi) is 5.57. The summed E-state index contributed by atoms with van der Waals surface area (Å²) in [6, 6.07) is 8.33. The quantitative estimate of drug-likeness (QED) is 0.557. The maximum absolute atomic E-state index is 5.79.